The van der Waals surface area contributed by atoms with Gasteiger partial charge in [0.1, 0.15) is 0 Å². The van der Waals surface area contributed by atoms with Crippen LogP contribution in [0.15, 0.2) is 0 Å². The molecule has 3 amide bonds. The summed E-state index contributed by atoms with van der Waals surface area (Å²) in [6.45, 7) is 3.66. The number of urea groups is 1. The Morgan fingerprint density at radius 3 is 2.56 bits per heavy atom. The summed E-state index contributed by atoms with van der Waals surface area (Å²) in [7, 11) is 0. The molecule has 1 saturated heterocycles. The van der Waals surface area contributed by atoms with Crippen LogP contribution >= 0.6 is 0 Å². The van der Waals surface area contributed by atoms with Crippen molar-refractivity contribution in [1.29, 1.82) is 0 Å². The molecule has 0 saturated carbocycles. The van der Waals surface area contributed by atoms with Crippen molar-refractivity contribution in [2.45, 2.75) is 31.7 Å². The van der Waals surface area contributed by atoms with Crippen LogP contribution in [0.1, 0.15) is 26.2 Å². The van der Waals surface area contributed by atoms with Gasteiger partial charge in [0.2, 0.25) is 5.91 Å². The summed E-state index contributed by atoms with van der Waals surface area (Å²) >= 11 is 0. The topological polar surface area (TPSA) is 96.2 Å². The minimum absolute atomic E-state index is 0.0128. The Morgan fingerprint density at radius 1 is 1.38 bits per heavy atom. The van der Waals surface area contributed by atoms with Crippen molar-refractivity contribution in [1.82, 2.24) is 16.0 Å². The maximum Gasteiger partial charge on any atom is 0.312 e. The molecule has 1 heterocycles. The number of carbonyl (C=O) groups excluding carboxylic acids is 2. The Labute approximate surface area is 95.3 Å². The molecule has 1 aliphatic heterocycles. The molecule has 0 aromatic carbocycles. The van der Waals surface area contributed by atoms with Crippen LogP contribution < -0.4 is 21.7 Å². The van der Waals surface area contributed by atoms with E-state index in [2.05, 4.69) is 16.0 Å². The van der Waals surface area contributed by atoms with Gasteiger partial charge >= 0.3 is 6.03 Å². The number of nitrogens with one attached hydrogen (secondary N) is 3. The van der Waals surface area contributed by atoms with Crippen LogP contribution in [-0.2, 0) is 4.79 Å². The first-order valence-corrected chi connectivity index (χ1v) is 5.67. The van der Waals surface area contributed by atoms with E-state index < -0.39 is 11.6 Å². The highest BCUT2D eigenvalue weighted by atomic mass is 16.2. The molecule has 92 valence electrons. The lowest BCUT2D eigenvalue weighted by atomic mass is 9.93. The second-order valence-electron chi connectivity index (χ2n) is 4.01. The first-order chi connectivity index (χ1) is 7.60. The predicted molar refractivity (Wildman–Crippen MR) is 60.9 cm³/mol. The van der Waals surface area contributed by atoms with Gasteiger partial charge in [0.15, 0.2) is 0 Å². The average molecular weight is 228 g/mol. The predicted octanol–water partition coefficient (Wildman–Crippen LogP) is -0.697. The minimum atomic E-state index is -0.571. The van der Waals surface area contributed by atoms with Crippen LogP contribution in [0.2, 0.25) is 0 Å². The summed E-state index contributed by atoms with van der Waals surface area (Å²) in [5.74, 6) is 0.0128. The largest absolute Gasteiger partial charge is 0.353 e. The fourth-order valence-corrected chi connectivity index (χ4v) is 1.99. The smallest absolute Gasteiger partial charge is 0.312 e. The highest BCUT2D eigenvalue weighted by Crippen LogP contribution is 2.22. The van der Waals surface area contributed by atoms with Crippen LogP contribution in [0.3, 0.4) is 0 Å². The number of primary amides is 1. The van der Waals surface area contributed by atoms with E-state index in [-0.39, 0.29) is 5.91 Å². The van der Waals surface area contributed by atoms with Gasteiger partial charge in [-0.15, -0.1) is 0 Å². The molecule has 0 bridgehead atoms. The van der Waals surface area contributed by atoms with Gasteiger partial charge in [-0.3, -0.25) is 4.79 Å². The summed E-state index contributed by atoms with van der Waals surface area (Å²) in [4.78, 5) is 22.3. The van der Waals surface area contributed by atoms with Crippen LogP contribution in [0.5, 0.6) is 0 Å². The maximum absolute atomic E-state index is 11.9. The second kappa shape index (κ2) is 5.69. The standard InChI is InChI=1S/C10H20N4O2/c1-2-10(4-3-5-14-10)8(15)12-6-7-13-9(11)16/h14H,2-7H2,1H3,(H,12,15)(H3,11,13,16). The van der Waals surface area contributed by atoms with Crippen molar-refractivity contribution in [2.24, 2.45) is 5.73 Å². The number of carbonyl (C=O) groups is 2. The molecular formula is C10H20N4O2. The van der Waals surface area contributed by atoms with E-state index in [1.807, 2.05) is 6.92 Å². The number of rotatable bonds is 5. The van der Waals surface area contributed by atoms with Crippen molar-refractivity contribution >= 4 is 11.9 Å². The number of hydrogen-bond donors (Lipinski definition) is 4. The second-order valence-corrected chi connectivity index (χ2v) is 4.01. The molecule has 1 fully saturated rings. The van der Waals surface area contributed by atoms with Gasteiger partial charge in [-0.25, -0.2) is 4.79 Å². The molecule has 1 rings (SSSR count). The monoisotopic (exact) mass is 228 g/mol. The third-order valence-electron chi connectivity index (χ3n) is 2.99. The molecule has 6 heteroatoms. The van der Waals surface area contributed by atoms with E-state index in [1.54, 1.807) is 0 Å². The summed E-state index contributed by atoms with van der Waals surface area (Å²) in [6.07, 6.45) is 2.68. The molecule has 1 unspecified atom stereocenters. The number of amides is 3. The van der Waals surface area contributed by atoms with Gasteiger partial charge in [-0.2, -0.15) is 0 Å². The molecule has 5 N–H and O–H groups in total. The molecule has 6 nitrogen and oxygen atoms in total. The van der Waals surface area contributed by atoms with Crippen molar-refractivity contribution in [3.05, 3.63) is 0 Å². The minimum Gasteiger partial charge on any atom is -0.353 e. The van der Waals surface area contributed by atoms with Gasteiger partial charge in [0.25, 0.3) is 0 Å². The SMILES string of the molecule is CCC1(C(=O)NCCNC(N)=O)CCCN1. The fourth-order valence-electron chi connectivity index (χ4n) is 1.99. The molecular weight excluding hydrogens is 208 g/mol. The first kappa shape index (κ1) is 12.8. The molecule has 0 aliphatic carbocycles. The molecule has 0 radical (unpaired) electrons. The Hall–Kier alpha value is -1.30. The molecule has 1 atom stereocenters. The van der Waals surface area contributed by atoms with Gasteiger partial charge in [0, 0.05) is 13.1 Å². The van der Waals surface area contributed by atoms with Gasteiger partial charge in [-0.05, 0) is 25.8 Å². The molecule has 0 spiro atoms. The zero-order valence-electron chi connectivity index (χ0n) is 9.64. The van der Waals surface area contributed by atoms with Crippen LogP contribution in [0.25, 0.3) is 0 Å². The number of nitrogens with two attached hydrogens (primary N) is 1. The molecule has 0 aromatic rings. The van der Waals surface area contributed by atoms with E-state index >= 15 is 0 Å². The van der Waals surface area contributed by atoms with Gasteiger partial charge in [-0.1, -0.05) is 6.92 Å². The van der Waals surface area contributed by atoms with Crippen molar-refractivity contribution in [3.63, 3.8) is 0 Å². The maximum atomic E-state index is 11.9. The van der Waals surface area contributed by atoms with Crippen molar-refractivity contribution < 1.29 is 9.59 Å². The van der Waals surface area contributed by atoms with E-state index in [4.69, 9.17) is 5.73 Å². The lowest BCUT2D eigenvalue weighted by Gasteiger charge is -2.26. The summed E-state index contributed by atoms with van der Waals surface area (Å²) in [5, 5.41) is 8.47. The highest BCUT2D eigenvalue weighted by Gasteiger charge is 2.38. The summed E-state index contributed by atoms with van der Waals surface area (Å²) in [6, 6.07) is -0.571. The van der Waals surface area contributed by atoms with Gasteiger partial charge < -0.3 is 21.7 Å². The van der Waals surface area contributed by atoms with E-state index in [9.17, 15) is 9.59 Å². The number of hydrogen-bond acceptors (Lipinski definition) is 3. The van der Waals surface area contributed by atoms with E-state index in [1.165, 1.54) is 0 Å². The van der Waals surface area contributed by atoms with Crippen molar-refractivity contribution in [2.75, 3.05) is 19.6 Å². The third kappa shape index (κ3) is 3.10. The first-order valence-electron chi connectivity index (χ1n) is 5.67. The Balaban J connectivity index is 2.30. The Morgan fingerprint density at radius 2 is 2.06 bits per heavy atom. The fraction of sp³-hybridized carbons (Fsp3) is 0.800. The van der Waals surface area contributed by atoms with E-state index in [0.717, 1.165) is 25.8 Å². The van der Waals surface area contributed by atoms with Crippen molar-refractivity contribution in [3.8, 4) is 0 Å². The Bertz CT molecular complexity index is 262. The average Bonchev–Trinajstić information content (AvgIpc) is 2.73. The lowest BCUT2D eigenvalue weighted by molar-refractivity contribution is -0.127. The van der Waals surface area contributed by atoms with Crippen LogP contribution in [0.4, 0.5) is 4.79 Å². The van der Waals surface area contributed by atoms with Crippen LogP contribution in [-0.4, -0.2) is 37.1 Å². The lowest BCUT2D eigenvalue weighted by Crippen LogP contribution is -2.54. The quantitative estimate of drug-likeness (QED) is 0.469. The highest BCUT2D eigenvalue weighted by molar-refractivity contribution is 5.86. The Kier molecular flexibility index (Phi) is 4.54. The summed E-state index contributed by atoms with van der Waals surface area (Å²) < 4.78 is 0. The van der Waals surface area contributed by atoms with Crippen LogP contribution in [0, 0.1) is 0 Å². The van der Waals surface area contributed by atoms with E-state index in [0.29, 0.717) is 13.1 Å². The normalized spacial score (nSPS) is 24.1. The molecule has 0 aromatic heterocycles. The third-order valence-corrected chi connectivity index (χ3v) is 2.99. The zero-order valence-corrected chi connectivity index (χ0v) is 9.64. The molecule has 16 heavy (non-hydrogen) atoms. The van der Waals surface area contributed by atoms with Gasteiger partial charge in [0.05, 0.1) is 5.54 Å². The summed E-state index contributed by atoms with van der Waals surface area (Å²) in [5.41, 5.74) is 4.50. The zero-order chi connectivity index (χ0) is 12.0. The molecule has 1 aliphatic rings.